The zero-order valence-corrected chi connectivity index (χ0v) is 20.6. The smallest absolute Gasteiger partial charge is 0.251 e. The predicted molar refractivity (Wildman–Crippen MR) is 131 cm³/mol. The summed E-state index contributed by atoms with van der Waals surface area (Å²) in [7, 11) is -3.69. The highest BCUT2D eigenvalue weighted by molar-refractivity contribution is 7.92. The van der Waals surface area contributed by atoms with Gasteiger partial charge in [0.2, 0.25) is 10.0 Å². The maximum absolute atomic E-state index is 13.0. The second kappa shape index (κ2) is 10.7. The summed E-state index contributed by atoms with van der Waals surface area (Å²) in [4.78, 5) is 12.4. The number of carbonyl (C=O) groups is 1. The number of carbonyl (C=O) groups excluding carboxylic acids is 1. The number of hydrogen-bond acceptors (Lipinski definition) is 3. The molecule has 174 valence electrons. The number of hydrogen-bond donors (Lipinski definition) is 1. The van der Waals surface area contributed by atoms with Gasteiger partial charge in [-0.3, -0.25) is 9.10 Å². The van der Waals surface area contributed by atoms with Crippen LogP contribution < -0.4 is 9.62 Å². The van der Waals surface area contributed by atoms with E-state index >= 15 is 0 Å². The third-order valence-electron chi connectivity index (χ3n) is 4.81. The molecule has 5 nitrogen and oxygen atoms in total. The van der Waals surface area contributed by atoms with E-state index < -0.39 is 10.0 Å². The number of nitrogens with one attached hydrogen (secondary N) is 1. The Hall–Kier alpha value is -2.32. The first kappa shape index (κ1) is 25.3. The molecule has 0 radical (unpaired) electrons. The van der Waals surface area contributed by atoms with Crippen molar-refractivity contribution in [2.75, 3.05) is 17.1 Å². The van der Waals surface area contributed by atoms with Gasteiger partial charge in [0.15, 0.2) is 0 Å². The molecule has 0 aliphatic carbocycles. The zero-order valence-electron chi connectivity index (χ0n) is 17.5. The first-order valence-corrected chi connectivity index (χ1v) is 12.8. The number of rotatable bonds is 8. The number of amides is 1. The van der Waals surface area contributed by atoms with Crippen LogP contribution in [0.3, 0.4) is 0 Å². The van der Waals surface area contributed by atoms with E-state index in [-0.39, 0.29) is 39.0 Å². The molecular weight excluding hydrogens is 510 g/mol. The van der Waals surface area contributed by atoms with Crippen molar-refractivity contribution in [1.82, 2.24) is 5.32 Å². The monoisotopic (exact) mass is 528 g/mol. The normalized spacial score (nSPS) is 11.3. The van der Waals surface area contributed by atoms with Crippen molar-refractivity contribution in [1.29, 1.82) is 0 Å². The highest BCUT2D eigenvalue weighted by Gasteiger charge is 2.22. The van der Waals surface area contributed by atoms with Gasteiger partial charge in [-0.25, -0.2) is 12.8 Å². The van der Waals surface area contributed by atoms with Gasteiger partial charge >= 0.3 is 0 Å². The van der Waals surface area contributed by atoms with Crippen LogP contribution in [0.5, 0.6) is 0 Å². The van der Waals surface area contributed by atoms with Gasteiger partial charge < -0.3 is 5.32 Å². The Bertz CT molecular complexity index is 1250. The fourth-order valence-electron chi connectivity index (χ4n) is 3.09. The molecule has 10 heteroatoms. The Kier molecular flexibility index (Phi) is 8.23. The summed E-state index contributed by atoms with van der Waals surface area (Å²) < 4.78 is 38.9. The van der Waals surface area contributed by atoms with Crippen molar-refractivity contribution in [3.63, 3.8) is 0 Å². The molecule has 3 aromatic carbocycles. The number of benzene rings is 3. The molecule has 0 saturated carbocycles. The van der Waals surface area contributed by atoms with Crippen LogP contribution in [0.1, 0.15) is 21.5 Å². The Morgan fingerprint density at radius 1 is 0.909 bits per heavy atom. The average Bonchev–Trinajstić information content (AvgIpc) is 2.76. The summed E-state index contributed by atoms with van der Waals surface area (Å²) in [5.41, 5.74) is 2.19. The predicted octanol–water partition coefficient (Wildman–Crippen LogP) is 5.72. The molecule has 0 aliphatic heterocycles. The quantitative estimate of drug-likeness (QED) is 0.379. The van der Waals surface area contributed by atoms with E-state index in [9.17, 15) is 17.6 Å². The fraction of sp³-hybridized carbons (Fsp3) is 0.174. The molecule has 0 aliphatic rings. The third-order valence-corrected chi connectivity index (χ3v) is 6.96. The molecule has 0 atom stereocenters. The molecule has 0 fully saturated rings. The van der Waals surface area contributed by atoms with Crippen molar-refractivity contribution in [3.05, 3.63) is 98.2 Å². The number of anilines is 1. The standard InChI is InChI=1S/C23H20Cl3FN2O3S/c1-33(31,32)29(22-13-20(25)19(24)12-21(22)26)14-16-2-6-17(7-3-16)23(30)28-11-10-15-4-8-18(27)9-5-15/h2-9,12-13H,10-11,14H2,1H3,(H,28,30). The van der Waals surface area contributed by atoms with Gasteiger partial charge in [0.1, 0.15) is 5.82 Å². The highest BCUT2D eigenvalue weighted by atomic mass is 35.5. The molecule has 0 heterocycles. The van der Waals surface area contributed by atoms with Crippen LogP contribution in [0.2, 0.25) is 15.1 Å². The summed E-state index contributed by atoms with van der Waals surface area (Å²) in [6.45, 7) is 0.382. The van der Waals surface area contributed by atoms with E-state index in [1.54, 1.807) is 36.4 Å². The lowest BCUT2D eigenvalue weighted by atomic mass is 10.1. The van der Waals surface area contributed by atoms with Gasteiger partial charge in [-0.2, -0.15) is 0 Å². The molecule has 1 amide bonds. The molecule has 3 aromatic rings. The minimum atomic E-state index is -3.69. The van der Waals surface area contributed by atoms with Crippen molar-refractivity contribution < 1.29 is 17.6 Å². The van der Waals surface area contributed by atoms with Gasteiger partial charge in [0.25, 0.3) is 5.91 Å². The van der Waals surface area contributed by atoms with Crippen LogP contribution in [0.15, 0.2) is 60.7 Å². The van der Waals surface area contributed by atoms with Crippen LogP contribution in [-0.4, -0.2) is 27.1 Å². The SMILES string of the molecule is CS(=O)(=O)N(Cc1ccc(C(=O)NCCc2ccc(F)cc2)cc1)c1cc(Cl)c(Cl)cc1Cl. The Labute approximate surface area is 207 Å². The molecule has 0 spiro atoms. The number of nitrogens with zero attached hydrogens (tertiary/aromatic N) is 1. The number of sulfonamides is 1. The van der Waals surface area contributed by atoms with Gasteiger partial charge in [-0.05, 0) is 53.9 Å². The van der Waals surface area contributed by atoms with Gasteiger partial charge in [0, 0.05) is 12.1 Å². The highest BCUT2D eigenvalue weighted by Crippen LogP contribution is 2.36. The first-order chi connectivity index (χ1) is 15.5. The van der Waals surface area contributed by atoms with E-state index in [1.807, 2.05) is 0 Å². The lowest BCUT2D eigenvalue weighted by Crippen LogP contribution is -2.29. The molecule has 0 saturated heterocycles. The lowest BCUT2D eigenvalue weighted by molar-refractivity contribution is 0.0954. The third kappa shape index (κ3) is 6.84. The van der Waals surface area contributed by atoms with Crippen molar-refractivity contribution in [3.8, 4) is 0 Å². The van der Waals surface area contributed by atoms with Crippen molar-refractivity contribution >= 4 is 56.4 Å². The van der Waals surface area contributed by atoms with Crippen LogP contribution in [0, 0.1) is 5.82 Å². The van der Waals surface area contributed by atoms with Gasteiger partial charge in [0.05, 0.1) is 33.6 Å². The van der Waals surface area contributed by atoms with E-state index in [1.165, 1.54) is 24.3 Å². The maximum Gasteiger partial charge on any atom is 0.251 e. The average molecular weight is 530 g/mol. The van der Waals surface area contributed by atoms with Crippen LogP contribution in [0.25, 0.3) is 0 Å². The molecule has 0 bridgehead atoms. The maximum atomic E-state index is 13.0. The zero-order chi connectivity index (χ0) is 24.2. The minimum Gasteiger partial charge on any atom is -0.352 e. The minimum absolute atomic E-state index is 0.0109. The molecule has 0 aromatic heterocycles. The second-order valence-corrected chi connectivity index (χ2v) is 10.4. The van der Waals surface area contributed by atoms with Crippen molar-refractivity contribution in [2.45, 2.75) is 13.0 Å². The number of halogens is 4. The molecular formula is C23H20Cl3FN2O3S. The van der Waals surface area contributed by atoms with Crippen LogP contribution in [-0.2, 0) is 23.0 Å². The fourth-order valence-corrected chi connectivity index (χ4v) is 4.67. The van der Waals surface area contributed by atoms with Crippen LogP contribution in [0.4, 0.5) is 10.1 Å². The van der Waals surface area contributed by atoms with E-state index in [2.05, 4.69) is 5.32 Å². The van der Waals surface area contributed by atoms with E-state index in [0.717, 1.165) is 16.1 Å². The molecule has 1 N–H and O–H groups in total. The topological polar surface area (TPSA) is 66.5 Å². The van der Waals surface area contributed by atoms with Gasteiger partial charge in [-0.15, -0.1) is 0 Å². The Morgan fingerprint density at radius 3 is 2.09 bits per heavy atom. The molecule has 3 rings (SSSR count). The lowest BCUT2D eigenvalue weighted by Gasteiger charge is -2.24. The Morgan fingerprint density at radius 2 is 1.48 bits per heavy atom. The molecule has 33 heavy (non-hydrogen) atoms. The van der Waals surface area contributed by atoms with Gasteiger partial charge in [-0.1, -0.05) is 59.1 Å². The summed E-state index contributed by atoms with van der Waals surface area (Å²) in [5, 5.41) is 3.35. The summed E-state index contributed by atoms with van der Waals surface area (Å²) in [6.07, 6.45) is 1.63. The molecule has 0 unspecified atom stereocenters. The van der Waals surface area contributed by atoms with E-state index in [4.69, 9.17) is 34.8 Å². The first-order valence-electron chi connectivity index (χ1n) is 9.78. The van der Waals surface area contributed by atoms with Crippen molar-refractivity contribution in [2.24, 2.45) is 0 Å². The summed E-state index contributed by atoms with van der Waals surface area (Å²) in [5.74, 6) is -0.574. The largest absolute Gasteiger partial charge is 0.352 e. The van der Waals surface area contributed by atoms with Crippen LogP contribution >= 0.6 is 34.8 Å². The Balaban J connectivity index is 1.68. The van der Waals surface area contributed by atoms with E-state index in [0.29, 0.717) is 24.1 Å². The summed E-state index contributed by atoms with van der Waals surface area (Å²) in [6, 6.07) is 15.4. The summed E-state index contributed by atoms with van der Waals surface area (Å²) >= 11 is 18.2. The second-order valence-electron chi connectivity index (χ2n) is 7.32.